The summed E-state index contributed by atoms with van der Waals surface area (Å²) in [5.74, 6) is 0.513. The van der Waals surface area contributed by atoms with Crippen molar-refractivity contribution in [3.63, 3.8) is 0 Å². The van der Waals surface area contributed by atoms with Crippen LogP contribution in [-0.2, 0) is 16.6 Å². The molecule has 0 spiro atoms. The van der Waals surface area contributed by atoms with Crippen LogP contribution in [0.25, 0.3) is 0 Å². The smallest absolute Gasteiger partial charge is 0.238 e. The molecule has 0 atom stereocenters. The van der Waals surface area contributed by atoms with Crippen LogP contribution in [-0.4, -0.2) is 15.5 Å². The molecule has 0 saturated heterocycles. The minimum Gasteiger partial charge on any atom is -0.495 e. The quantitative estimate of drug-likeness (QED) is 0.874. The number of rotatable bonds is 5. The predicted octanol–water partition coefficient (Wildman–Crippen LogP) is 1.89. The molecule has 0 unspecified atom stereocenters. The first-order chi connectivity index (χ1) is 9.94. The molecule has 1 aromatic heterocycles. The zero-order chi connectivity index (χ0) is 15.5. The van der Waals surface area contributed by atoms with Gasteiger partial charge in [-0.15, -0.1) is 11.3 Å². The highest BCUT2D eigenvalue weighted by Crippen LogP contribution is 2.28. The van der Waals surface area contributed by atoms with Crippen LogP contribution < -0.4 is 15.2 Å². The van der Waals surface area contributed by atoms with Gasteiger partial charge in [-0.05, 0) is 24.3 Å². The molecule has 6 nitrogen and oxygen atoms in total. The van der Waals surface area contributed by atoms with Crippen molar-refractivity contribution < 1.29 is 13.2 Å². The van der Waals surface area contributed by atoms with Crippen molar-refractivity contribution in [2.45, 2.75) is 11.4 Å². The maximum Gasteiger partial charge on any atom is 0.238 e. The summed E-state index contributed by atoms with van der Waals surface area (Å²) in [7, 11) is -2.27. The Balaban J connectivity index is 2.23. The van der Waals surface area contributed by atoms with Gasteiger partial charge in [0.25, 0.3) is 0 Å². The molecule has 0 amide bonds. The normalized spacial score (nSPS) is 10.9. The first-order valence-corrected chi connectivity index (χ1v) is 8.29. The third kappa shape index (κ3) is 3.72. The molecule has 2 aromatic rings. The van der Waals surface area contributed by atoms with Gasteiger partial charge in [0.1, 0.15) is 11.8 Å². The maximum absolute atomic E-state index is 11.4. The predicted molar refractivity (Wildman–Crippen MR) is 80.7 cm³/mol. The van der Waals surface area contributed by atoms with Gasteiger partial charge < -0.3 is 10.1 Å². The van der Waals surface area contributed by atoms with E-state index < -0.39 is 10.0 Å². The molecule has 21 heavy (non-hydrogen) atoms. The summed E-state index contributed by atoms with van der Waals surface area (Å²) in [6, 6.07) is 8.18. The lowest BCUT2D eigenvalue weighted by atomic mass is 10.2. The van der Waals surface area contributed by atoms with Gasteiger partial charge in [0.15, 0.2) is 0 Å². The summed E-state index contributed by atoms with van der Waals surface area (Å²) in [5.41, 5.74) is 1.12. The molecular weight excluding hydrogens is 310 g/mol. The summed E-state index contributed by atoms with van der Waals surface area (Å²) >= 11 is 1.45. The lowest BCUT2D eigenvalue weighted by Crippen LogP contribution is -2.12. The number of nitrogens with zero attached hydrogens (tertiary/aromatic N) is 1. The van der Waals surface area contributed by atoms with Crippen LogP contribution >= 0.6 is 11.3 Å². The Morgan fingerprint density at radius 2 is 2.19 bits per heavy atom. The van der Waals surface area contributed by atoms with Gasteiger partial charge in [0, 0.05) is 16.8 Å². The Kier molecular flexibility index (Phi) is 4.47. The van der Waals surface area contributed by atoms with Gasteiger partial charge in [-0.3, -0.25) is 0 Å². The zero-order valence-electron chi connectivity index (χ0n) is 11.2. The second-order valence-electron chi connectivity index (χ2n) is 4.17. The topological polar surface area (TPSA) is 105 Å². The third-order valence-corrected chi connectivity index (χ3v) is 4.58. The van der Waals surface area contributed by atoms with Crippen molar-refractivity contribution >= 4 is 27.0 Å². The fraction of sp³-hybridized carbons (Fsp3) is 0.154. The van der Waals surface area contributed by atoms with Gasteiger partial charge in [-0.1, -0.05) is 0 Å². The highest BCUT2D eigenvalue weighted by Gasteiger charge is 2.12. The summed E-state index contributed by atoms with van der Waals surface area (Å²) in [4.78, 5) is 0.962. The fourth-order valence-corrected chi connectivity index (χ4v) is 3.01. The summed E-state index contributed by atoms with van der Waals surface area (Å²) in [6.07, 6.45) is 0. The molecule has 0 aliphatic carbocycles. The largest absolute Gasteiger partial charge is 0.495 e. The van der Waals surface area contributed by atoms with Crippen LogP contribution in [0.2, 0.25) is 0 Å². The van der Waals surface area contributed by atoms with Gasteiger partial charge in [-0.25, -0.2) is 13.6 Å². The molecule has 0 aliphatic rings. The number of nitriles is 1. The molecule has 1 aromatic carbocycles. The van der Waals surface area contributed by atoms with Gasteiger partial charge in [-0.2, -0.15) is 5.26 Å². The van der Waals surface area contributed by atoms with Gasteiger partial charge in [0.2, 0.25) is 10.0 Å². The van der Waals surface area contributed by atoms with E-state index in [0.29, 0.717) is 23.5 Å². The van der Waals surface area contributed by atoms with E-state index in [1.807, 2.05) is 0 Å². The maximum atomic E-state index is 11.4. The van der Waals surface area contributed by atoms with E-state index in [1.54, 1.807) is 11.4 Å². The van der Waals surface area contributed by atoms with Crippen LogP contribution in [0.4, 0.5) is 5.69 Å². The van der Waals surface area contributed by atoms with Crippen LogP contribution in [0.5, 0.6) is 5.75 Å². The molecule has 0 aliphatic heterocycles. The number of hydrogen-bond donors (Lipinski definition) is 2. The Bertz CT molecular complexity index is 791. The van der Waals surface area contributed by atoms with E-state index in [1.165, 1.54) is 36.6 Å². The molecule has 2 rings (SSSR count). The van der Waals surface area contributed by atoms with Crippen molar-refractivity contribution in [1.29, 1.82) is 5.26 Å². The van der Waals surface area contributed by atoms with Crippen molar-refractivity contribution in [3.8, 4) is 11.8 Å². The molecular formula is C13H13N3O3S2. The fourth-order valence-electron chi connectivity index (χ4n) is 1.72. The minimum atomic E-state index is -3.77. The second kappa shape index (κ2) is 6.13. The Labute approximate surface area is 126 Å². The Hall–Kier alpha value is -2.08. The van der Waals surface area contributed by atoms with E-state index in [9.17, 15) is 8.42 Å². The van der Waals surface area contributed by atoms with E-state index in [-0.39, 0.29) is 4.90 Å². The molecule has 8 heteroatoms. The molecule has 3 N–H and O–H groups in total. The zero-order valence-corrected chi connectivity index (χ0v) is 12.8. The van der Waals surface area contributed by atoms with Crippen LogP contribution in [0.1, 0.15) is 10.4 Å². The summed E-state index contributed by atoms with van der Waals surface area (Å²) < 4.78 is 27.9. The number of benzene rings is 1. The standard InChI is InChI=1S/C13H13N3O3S2/c1-19-13-3-2-11(21(15,17)18)5-12(13)16-7-10-4-9(6-14)8-20-10/h2-5,8,16H,7H2,1H3,(H2,15,17,18). The molecule has 110 valence electrons. The molecule has 0 radical (unpaired) electrons. The third-order valence-electron chi connectivity index (χ3n) is 2.74. The first kappa shape index (κ1) is 15.3. The number of ether oxygens (including phenoxy) is 1. The Morgan fingerprint density at radius 1 is 1.43 bits per heavy atom. The van der Waals surface area contributed by atoms with Crippen molar-refractivity contribution in [3.05, 3.63) is 40.1 Å². The number of thiophene rings is 1. The molecule has 0 fully saturated rings. The number of hydrogen-bond acceptors (Lipinski definition) is 6. The Morgan fingerprint density at radius 3 is 2.76 bits per heavy atom. The number of anilines is 1. The van der Waals surface area contributed by atoms with E-state index >= 15 is 0 Å². The van der Waals surface area contributed by atoms with Crippen molar-refractivity contribution in [2.75, 3.05) is 12.4 Å². The minimum absolute atomic E-state index is 0.00898. The average molecular weight is 323 g/mol. The molecule has 1 heterocycles. The summed E-state index contributed by atoms with van der Waals surface area (Å²) in [6.45, 7) is 0.455. The van der Waals surface area contributed by atoms with E-state index in [2.05, 4.69) is 11.4 Å². The SMILES string of the molecule is COc1ccc(S(N)(=O)=O)cc1NCc1cc(C#N)cs1. The monoisotopic (exact) mass is 323 g/mol. The number of sulfonamides is 1. The number of nitrogens with one attached hydrogen (secondary N) is 1. The number of primary sulfonamides is 1. The van der Waals surface area contributed by atoms with E-state index in [4.69, 9.17) is 15.1 Å². The highest BCUT2D eigenvalue weighted by atomic mass is 32.2. The lowest BCUT2D eigenvalue weighted by molar-refractivity contribution is 0.416. The van der Waals surface area contributed by atoms with E-state index in [0.717, 1.165) is 4.88 Å². The van der Waals surface area contributed by atoms with Crippen molar-refractivity contribution in [1.82, 2.24) is 0 Å². The first-order valence-electron chi connectivity index (χ1n) is 5.86. The second-order valence-corrected chi connectivity index (χ2v) is 6.73. The number of nitrogens with two attached hydrogens (primary N) is 1. The highest BCUT2D eigenvalue weighted by molar-refractivity contribution is 7.89. The van der Waals surface area contributed by atoms with Crippen LogP contribution in [0.15, 0.2) is 34.5 Å². The number of methoxy groups -OCH3 is 1. The average Bonchev–Trinajstić information content (AvgIpc) is 2.91. The van der Waals surface area contributed by atoms with Gasteiger partial charge in [0.05, 0.1) is 23.3 Å². The molecule has 0 saturated carbocycles. The summed E-state index contributed by atoms with van der Waals surface area (Å²) in [5, 5.41) is 18.7. The van der Waals surface area contributed by atoms with Crippen molar-refractivity contribution in [2.24, 2.45) is 5.14 Å². The van der Waals surface area contributed by atoms with Crippen LogP contribution in [0, 0.1) is 11.3 Å². The van der Waals surface area contributed by atoms with Gasteiger partial charge >= 0.3 is 0 Å². The molecule has 0 bridgehead atoms. The lowest BCUT2D eigenvalue weighted by Gasteiger charge is -2.11. The van der Waals surface area contributed by atoms with Crippen LogP contribution in [0.3, 0.4) is 0 Å².